The van der Waals surface area contributed by atoms with Crippen molar-refractivity contribution < 1.29 is 9.90 Å². The van der Waals surface area contributed by atoms with Crippen LogP contribution in [0.25, 0.3) is 0 Å². The Hall–Kier alpha value is -0.980. The molecule has 1 saturated carbocycles. The van der Waals surface area contributed by atoms with Crippen LogP contribution < -0.4 is 11.1 Å². The highest BCUT2D eigenvalue weighted by molar-refractivity contribution is 7.09. The van der Waals surface area contributed by atoms with Gasteiger partial charge in [0.1, 0.15) is 10.7 Å². The van der Waals surface area contributed by atoms with E-state index in [4.69, 9.17) is 5.73 Å². The zero-order valence-electron chi connectivity index (χ0n) is 10.3. The molecule has 4 N–H and O–H groups in total. The fraction of sp³-hybridized carbons (Fsp3) is 0.667. The van der Waals surface area contributed by atoms with E-state index in [1.54, 1.807) is 5.38 Å². The first-order valence-electron chi connectivity index (χ1n) is 6.23. The molecule has 0 spiro atoms. The summed E-state index contributed by atoms with van der Waals surface area (Å²) in [5.41, 5.74) is 5.76. The van der Waals surface area contributed by atoms with Gasteiger partial charge in [0.25, 0.3) is 5.91 Å². The maximum atomic E-state index is 11.9. The zero-order chi connectivity index (χ0) is 13.0. The van der Waals surface area contributed by atoms with E-state index in [-0.39, 0.29) is 17.9 Å². The third kappa shape index (κ3) is 2.88. The van der Waals surface area contributed by atoms with Crippen molar-refractivity contribution in [3.05, 3.63) is 16.1 Å². The SMILES string of the molecule is NCc1nc(C(=O)NCC2(CO)CCCC2)cs1. The summed E-state index contributed by atoms with van der Waals surface area (Å²) in [6.45, 7) is 1.02. The molecule has 5 nitrogen and oxygen atoms in total. The molecule has 0 unspecified atom stereocenters. The minimum absolute atomic E-state index is 0.123. The minimum Gasteiger partial charge on any atom is -0.396 e. The number of amides is 1. The second-order valence-corrected chi connectivity index (χ2v) is 5.82. The molecule has 0 atom stereocenters. The third-order valence-corrected chi connectivity index (χ3v) is 4.45. The van der Waals surface area contributed by atoms with Gasteiger partial charge in [0.15, 0.2) is 0 Å². The van der Waals surface area contributed by atoms with E-state index in [1.807, 2.05) is 0 Å². The largest absolute Gasteiger partial charge is 0.396 e. The molecule has 0 bridgehead atoms. The van der Waals surface area contributed by atoms with Crippen LogP contribution in [0.3, 0.4) is 0 Å². The highest BCUT2D eigenvalue weighted by atomic mass is 32.1. The number of nitrogens with one attached hydrogen (secondary N) is 1. The van der Waals surface area contributed by atoms with E-state index in [1.165, 1.54) is 11.3 Å². The van der Waals surface area contributed by atoms with E-state index in [9.17, 15) is 9.90 Å². The third-order valence-electron chi connectivity index (χ3n) is 3.58. The number of hydrogen-bond acceptors (Lipinski definition) is 5. The van der Waals surface area contributed by atoms with E-state index in [0.29, 0.717) is 18.8 Å². The number of hydrogen-bond donors (Lipinski definition) is 3. The molecule has 6 heteroatoms. The topological polar surface area (TPSA) is 88.2 Å². The summed E-state index contributed by atoms with van der Waals surface area (Å²) in [5.74, 6) is -0.175. The summed E-state index contributed by atoms with van der Waals surface area (Å²) in [6.07, 6.45) is 4.22. The first kappa shape index (κ1) is 13.5. The lowest BCUT2D eigenvalue weighted by atomic mass is 9.87. The van der Waals surface area contributed by atoms with Crippen molar-refractivity contribution in [1.82, 2.24) is 10.3 Å². The van der Waals surface area contributed by atoms with Gasteiger partial charge in [0, 0.05) is 23.9 Å². The van der Waals surface area contributed by atoms with Gasteiger partial charge in [0.05, 0.1) is 6.61 Å². The van der Waals surface area contributed by atoms with E-state index in [0.717, 1.165) is 30.7 Å². The summed E-state index contributed by atoms with van der Waals surface area (Å²) in [7, 11) is 0. The van der Waals surface area contributed by atoms with Gasteiger partial charge in [-0.25, -0.2) is 4.98 Å². The van der Waals surface area contributed by atoms with Crippen molar-refractivity contribution in [2.24, 2.45) is 11.1 Å². The smallest absolute Gasteiger partial charge is 0.270 e. The molecular weight excluding hydrogens is 250 g/mol. The van der Waals surface area contributed by atoms with Crippen LogP contribution in [0.1, 0.15) is 41.2 Å². The van der Waals surface area contributed by atoms with Crippen molar-refractivity contribution in [1.29, 1.82) is 0 Å². The lowest BCUT2D eigenvalue weighted by Gasteiger charge is -2.26. The normalized spacial score (nSPS) is 17.9. The Kier molecular flexibility index (Phi) is 4.31. The second-order valence-electron chi connectivity index (χ2n) is 4.88. The Labute approximate surface area is 110 Å². The van der Waals surface area contributed by atoms with E-state index >= 15 is 0 Å². The van der Waals surface area contributed by atoms with Crippen molar-refractivity contribution in [2.45, 2.75) is 32.2 Å². The molecule has 0 saturated heterocycles. The number of aliphatic hydroxyl groups is 1. The number of nitrogens with two attached hydrogens (primary N) is 1. The summed E-state index contributed by atoms with van der Waals surface area (Å²) in [5, 5.41) is 14.8. The number of rotatable bonds is 5. The maximum Gasteiger partial charge on any atom is 0.270 e. The van der Waals surface area contributed by atoms with Gasteiger partial charge in [-0.3, -0.25) is 4.79 Å². The Balaban J connectivity index is 1.91. The molecule has 0 aliphatic heterocycles. The van der Waals surface area contributed by atoms with Crippen LogP contribution in [-0.4, -0.2) is 29.1 Å². The van der Waals surface area contributed by atoms with Gasteiger partial charge in [-0.1, -0.05) is 12.8 Å². The van der Waals surface area contributed by atoms with Gasteiger partial charge >= 0.3 is 0 Å². The van der Waals surface area contributed by atoms with Crippen molar-refractivity contribution in [3.8, 4) is 0 Å². The quantitative estimate of drug-likeness (QED) is 0.740. The molecule has 100 valence electrons. The molecule has 1 amide bonds. The van der Waals surface area contributed by atoms with Crippen LogP contribution in [0.2, 0.25) is 0 Å². The lowest BCUT2D eigenvalue weighted by molar-refractivity contribution is 0.0876. The Morgan fingerprint density at radius 1 is 1.56 bits per heavy atom. The van der Waals surface area contributed by atoms with Gasteiger partial charge in [-0.2, -0.15) is 0 Å². The lowest BCUT2D eigenvalue weighted by Crippen LogP contribution is -2.38. The predicted octanol–water partition coefficient (Wildman–Crippen LogP) is 0.884. The molecule has 2 rings (SSSR count). The number of carbonyl (C=O) groups is 1. The number of aliphatic hydroxyl groups excluding tert-OH is 1. The van der Waals surface area contributed by atoms with Crippen LogP contribution in [0.5, 0.6) is 0 Å². The summed E-state index contributed by atoms with van der Waals surface area (Å²) >= 11 is 1.39. The number of thiazole rings is 1. The van der Waals surface area contributed by atoms with E-state index < -0.39 is 0 Å². The molecule has 1 fully saturated rings. The van der Waals surface area contributed by atoms with Crippen molar-refractivity contribution >= 4 is 17.2 Å². The zero-order valence-corrected chi connectivity index (χ0v) is 11.1. The maximum absolute atomic E-state index is 11.9. The second kappa shape index (κ2) is 5.77. The number of aromatic nitrogens is 1. The van der Waals surface area contributed by atoms with Crippen LogP contribution in [0.15, 0.2) is 5.38 Å². The van der Waals surface area contributed by atoms with Crippen molar-refractivity contribution in [2.75, 3.05) is 13.2 Å². The predicted molar refractivity (Wildman–Crippen MR) is 70.3 cm³/mol. The molecule has 1 aromatic heterocycles. The van der Waals surface area contributed by atoms with Crippen LogP contribution in [0.4, 0.5) is 0 Å². The molecular formula is C12H19N3O2S. The Bertz CT molecular complexity index is 413. The average Bonchev–Trinajstić information content (AvgIpc) is 3.05. The van der Waals surface area contributed by atoms with Crippen LogP contribution in [0, 0.1) is 5.41 Å². The van der Waals surface area contributed by atoms with Crippen LogP contribution in [-0.2, 0) is 6.54 Å². The highest BCUT2D eigenvalue weighted by Crippen LogP contribution is 2.36. The van der Waals surface area contributed by atoms with Crippen molar-refractivity contribution in [3.63, 3.8) is 0 Å². The van der Waals surface area contributed by atoms with E-state index in [2.05, 4.69) is 10.3 Å². The van der Waals surface area contributed by atoms with Crippen LogP contribution >= 0.6 is 11.3 Å². The minimum atomic E-state index is -0.175. The first-order chi connectivity index (χ1) is 8.69. The van der Waals surface area contributed by atoms with Gasteiger partial charge in [-0.15, -0.1) is 11.3 Å². The highest BCUT2D eigenvalue weighted by Gasteiger charge is 2.33. The fourth-order valence-corrected chi connectivity index (χ4v) is 3.04. The molecule has 1 aromatic rings. The molecule has 18 heavy (non-hydrogen) atoms. The number of carbonyl (C=O) groups excluding carboxylic acids is 1. The molecule has 0 radical (unpaired) electrons. The Morgan fingerprint density at radius 2 is 2.28 bits per heavy atom. The molecule has 1 heterocycles. The summed E-state index contributed by atoms with van der Waals surface area (Å²) in [6, 6.07) is 0. The average molecular weight is 269 g/mol. The Morgan fingerprint density at radius 3 is 2.83 bits per heavy atom. The molecule has 1 aliphatic carbocycles. The summed E-state index contributed by atoms with van der Waals surface area (Å²) in [4.78, 5) is 16.0. The first-order valence-corrected chi connectivity index (χ1v) is 7.11. The van der Waals surface area contributed by atoms with Gasteiger partial charge in [0.2, 0.25) is 0 Å². The van der Waals surface area contributed by atoms with Gasteiger partial charge < -0.3 is 16.2 Å². The van der Waals surface area contributed by atoms with Gasteiger partial charge in [-0.05, 0) is 12.8 Å². The monoisotopic (exact) mass is 269 g/mol. The molecule has 0 aromatic carbocycles. The summed E-state index contributed by atoms with van der Waals surface area (Å²) < 4.78 is 0. The standard InChI is InChI=1S/C12H19N3O2S/c13-5-10-15-9(6-18-10)11(17)14-7-12(8-16)3-1-2-4-12/h6,16H,1-5,7-8,13H2,(H,14,17). The number of nitrogens with zero attached hydrogens (tertiary/aromatic N) is 1. The molecule has 1 aliphatic rings. The fourth-order valence-electron chi connectivity index (χ4n) is 2.38.